The van der Waals surface area contributed by atoms with E-state index in [-0.39, 0.29) is 24.0 Å². The Morgan fingerprint density at radius 1 is 1.48 bits per heavy atom. The van der Waals surface area contributed by atoms with Gasteiger partial charge in [-0.05, 0) is 58.3 Å². The summed E-state index contributed by atoms with van der Waals surface area (Å²) < 4.78 is 0. The van der Waals surface area contributed by atoms with Crippen LogP contribution in [0.1, 0.15) is 29.5 Å². The van der Waals surface area contributed by atoms with E-state index in [1.807, 2.05) is 18.4 Å². The van der Waals surface area contributed by atoms with E-state index < -0.39 is 0 Å². The number of hydrogen-bond donors (Lipinski definition) is 2. The summed E-state index contributed by atoms with van der Waals surface area (Å²) in [5.41, 5.74) is 0. The van der Waals surface area contributed by atoms with Gasteiger partial charge in [0.05, 0.1) is 0 Å². The Bertz CT molecular complexity index is 489. The zero-order chi connectivity index (χ0) is 15.9. The van der Waals surface area contributed by atoms with Gasteiger partial charge in [0.1, 0.15) is 0 Å². The molecule has 1 aromatic rings. The molecule has 2 rings (SSSR count). The Hall–Kier alpha value is -0.340. The molecule has 1 aromatic heterocycles. The van der Waals surface area contributed by atoms with Crippen molar-refractivity contribution in [1.82, 2.24) is 15.5 Å². The molecule has 0 aliphatic carbocycles. The van der Waals surface area contributed by atoms with Gasteiger partial charge in [0, 0.05) is 42.4 Å². The normalized spacial score (nSPS) is 20.7. The summed E-state index contributed by atoms with van der Waals surface area (Å²) in [7, 11) is 4.06. The van der Waals surface area contributed by atoms with Crippen molar-refractivity contribution in [2.24, 2.45) is 10.9 Å². The van der Waals surface area contributed by atoms with Crippen LogP contribution in [0, 0.1) is 12.8 Å². The second-order valence-corrected chi connectivity index (χ2v) is 7.86. The summed E-state index contributed by atoms with van der Waals surface area (Å²) in [5, 5.41) is 7.00. The van der Waals surface area contributed by atoms with Crippen molar-refractivity contribution in [3.8, 4) is 0 Å². The third-order valence-corrected chi connectivity index (χ3v) is 5.21. The molecular formula is C17H31IN4S. The van der Waals surface area contributed by atoms with Crippen molar-refractivity contribution in [2.45, 2.75) is 39.2 Å². The van der Waals surface area contributed by atoms with E-state index in [1.165, 1.54) is 35.7 Å². The first-order valence-corrected chi connectivity index (χ1v) is 9.09. The summed E-state index contributed by atoms with van der Waals surface area (Å²) in [4.78, 5) is 9.60. The van der Waals surface area contributed by atoms with Crippen molar-refractivity contribution < 1.29 is 0 Å². The van der Waals surface area contributed by atoms with Crippen LogP contribution < -0.4 is 10.6 Å². The summed E-state index contributed by atoms with van der Waals surface area (Å²) in [6, 6.07) is 4.81. The Kier molecular flexibility index (Phi) is 9.46. The predicted molar refractivity (Wildman–Crippen MR) is 112 cm³/mol. The van der Waals surface area contributed by atoms with Crippen molar-refractivity contribution in [1.29, 1.82) is 0 Å². The number of halogens is 1. The zero-order valence-electron chi connectivity index (χ0n) is 14.8. The number of aryl methyl sites for hydroxylation is 1. The van der Waals surface area contributed by atoms with Crippen LogP contribution in [0.25, 0.3) is 0 Å². The molecule has 1 aliphatic heterocycles. The minimum Gasteiger partial charge on any atom is -0.356 e. The second kappa shape index (κ2) is 10.5. The van der Waals surface area contributed by atoms with Gasteiger partial charge in [-0.25, -0.2) is 0 Å². The Morgan fingerprint density at radius 2 is 2.26 bits per heavy atom. The molecule has 1 saturated heterocycles. The lowest BCUT2D eigenvalue weighted by molar-refractivity contribution is 0.210. The third kappa shape index (κ3) is 7.39. The van der Waals surface area contributed by atoms with Crippen molar-refractivity contribution in [2.75, 3.05) is 33.7 Å². The fourth-order valence-electron chi connectivity index (χ4n) is 3.06. The maximum absolute atomic E-state index is 4.36. The van der Waals surface area contributed by atoms with Gasteiger partial charge in [0.2, 0.25) is 0 Å². The third-order valence-electron chi connectivity index (χ3n) is 4.19. The number of aliphatic imine (C=N–C) groups is 1. The minimum atomic E-state index is 0. The van der Waals surface area contributed by atoms with Crippen LogP contribution in [0.5, 0.6) is 0 Å². The van der Waals surface area contributed by atoms with Crippen molar-refractivity contribution >= 4 is 41.3 Å². The van der Waals surface area contributed by atoms with Gasteiger partial charge < -0.3 is 15.5 Å². The predicted octanol–water partition coefficient (Wildman–Crippen LogP) is 3.11. The summed E-state index contributed by atoms with van der Waals surface area (Å²) in [5.74, 6) is 1.65. The first-order valence-electron chi connectivity index (χ1n) is 8.28. The first-order chi connectivity index (χ1) is 10.6. The molecule has 1 aliphatic rings. The zero-order valence-corrected chi connectivity index (χ0v) is 17.9. The number of likely N-dealkylation sites (tertiary alicyclic amines) is 1. The molecule has 2 unspecified atom stereocenters. The Morgan fingerprint density at radius 3 is 2.87 bits per heavy atom. The van der Waals surface area contributed by atoms with Crippen LogP contribution in [0.15, 0.2) is 17.1 Å². The highest BCUT2D eigenvalue weighted by Crippen LogP contribution is 2.17. The van der Waals surface area contributed by atoms with Gasteiger partial charge in [-0.3, -0.25) is 4.99 Å². The van der Waals surface area contributed by atoms with Crippen molar-refractivity contribution in [3.05, 3.63) is 21.9 Å². The molecule has 0 spiro atoms. The lowest BCUT2D eigenvalue weighted by atomic mass is 9.99. The topological polar surface area (TPSA) is 39.7 Å². The quantitative estimate of drug-likeness (QED) is 0.412. The number of rotatable bonds is 5. The monoisotopic (exact) mass is 450 g/mol. The molecule has 0 aromatic carbocycles. The maximum Gasteiger partial charge on any atom is 0.191 e. The van der Waals surface area contributed by atoms with Gasteiger partial charge in [-0.2, -0.15) is 0 Å². The number of guanidine groups is 1. The van der Waals surface area contributed by atoms with Crippen LogP contribution in [0.4, 0.5) is 0 Å². The molecule has 2 N–H and O–H groups in total. The van der Waals surface area contributed by atoms with E-state index in [0.29, 0.717) is 6.04 Å². The number of hydrogen-bond acceptors (Lipinski definition) is 3. The first kappa shape index (κ1) is 20.7. The van der Waals surface area contributed by atoms with Gasteiger partial charge in [0.15, 0.2) is 5.96 Å². The van der Waals surface area contributed by atoms with E-state index >= 15 is 0 Å². The van der Waals surface area contributed by atoms with Crippen LogP contribution in [-0.2, 0) is 6.42 Å². The number of piperidine rings is 1. The standard InChI is InChI=1S/C17H30N4S.HI/c1-13(10-16-8-7-14(2)22-16)20-17(18-3)19-11-15-6-5-9-21(4)12-15;/h7-8,13,15H,5-6,9-12H2,1-4H3,(H2,18,19,20);1H. The average Bonchev–Trinajstić information content (AvgIpc) is 2.88. The highest BCUT2D eigenvalue weighted by molar-refractivity contribution is 14.0. The van der Waals surface area contributed by atoms with Gasteiger partial charge in [0.25, 0.3) is 0 Å². The number of thiophene rings is 1. The molecular weight excluding hydrogens is 419 g/mol. The van der Waals surface area contributed by atoms with Gasteiger partial charge >= 0.3 is 0 Å². The van der Waals surface area contributed by atoms with Gasteiger partial charge in [-0.1, -0.05) is 0 Å². The molecule has 1 fully saturated rings. The average molecular weight is 450 g/mol. The molecule has 4 nitrogen and oxygen atoms in total. The van der Waals surface area contributed by atoms with E-state index in [4.69, 9.17) is 0 Å². The van der Waals surface area contributed by atoms with E-state index in [2.05, 4.69) is 53.6 Å². The molecule has 0 radical (unpaired) electrons. The highest BCUT2D eigenvalue weighted by atomic mass is 127. The van der Waals surface area contributed by atoms with E-state index in [0.717, 1.165) is 24.8 Å². The lowest BCUT2D eigenvalue weighted by Gasteiger charge is -2.30. The fraction of sp³-hybridized carbons (Fsp3) is 0.706. The molecule has 2 heterocycles. The van der Waals surface area contributed by atoms with E-state index in [1.54, 1.807) is 0 Å². The van der Waals surface area contributed by atoms with Gasteiger partial charge in [-0.15, -0.1) is 35.3 Å². The molecule has 132 valence electrons. The fourth-order valence-corrected chi connectivity index (χ4v) is 4.08. The summed E-state index contributed by atoms with van der Waals surface area (Å²) in [6.45, 7) is 7.81. The molecule has 0 amide bonds. The van der Waals surface area contributed by atoms with Crippen LogP contribution in [0.2, 0.25) is 0 Å². The Balaban J connectivity index is 0.00000264. The smallest absolute Gasteiger partial charge is 0.191 e. The number of nitrogens with zero attached hydrogens (tertiary/aromatic N) is 2. The second-order valence-electron chi connectivity index (χ2n) is 6.49. The van der Waals surface area contributed by atoms with Crippen LogP contribution in [0.3, 0.4) is 0 Å². The maximum atomic E-state index is 4.36. The highest BCUT2D eigenvalue weighted by Gasteiger charge is 2.17. The van der Waals surface area contributed by atoms with Crippen molar-refractivity contribution in [3.63, 3.8) is 0 Å². The van der Waals surface area contributed by atoms with Crippen LogP contribution in [-0.4, -0.2) is 50.6 Å². The number of nitrogens with one attached hydrogen (secondary N) is 2. The molecule has 6 heteroatoms. The minimum absolute atomic E-state index is 0. The largest absolute Gasteiger partial charge is 0.356 e. The summed E-state index contributed by atoms with van der Waals surface area (Å²) in [6.07, 6.45) is 3.67. The lowest BCUT2D eigenvalue weighted by Crippen LogP contribution is -2.46. The molecule has 23 heavy (non-hydrogen) atoms. The molecule has 0 bridgehead atoms. The van der Waals surface area contributed by atoms with Crippen LogP contribution >= 0.6 is 35.3 Å². The molecule has 2 atom stereocenters. The Labute approximate surface area is 162 Å². The SMILES string of the molecule is CN=C(NCC1CCCN(C)C1)NC(C)Cc1ccc(C)s1.I. The molecule has 0 saturated carbocycles. The van der Waals surface area contributed by atoms with E-state index in [9.17, 15) is 0 Å². The summed E-state index contributed by atoms with van der Waals surface area (Å²) >= 11 is 1.88.